The van der Waals surface area contributed by atoms with Crippen molar-refractivity contribution in [3.8, 4) is 0 Å². The van der Waals surface area contributed by atoms with E-state index < -0.39 is 12.2 Å². The van der Waals surface area contributed by atoms with E-state index in [1.165, 1.54) is 38.2 Å². The molecule has 7 atom stereocenters. The molecule has 4 nitrogen and oxygen atoms in total. The third-order valence-electron chi connectivity index (χ3n) is 8.93. The molecule has 0 aromatic rings. The Hall–Kier alpha value is -1.65. The molecule has 0 amide bonds. The van der Waals surface area contributed by atoms with Crippen LogP contribution in [-0.2, 0) is 9.53 Å². The fraction of sp³-hybridized carbons (Fsp3) is 0.690. The summed E-state index contributed by atoms with van der Waals surface area (Å²) >= 11 is 0. The maximum absolute atomic E-state index is 11.5. The highest BCUT2D eigenvalue weighted by Gasteiger charge is 2.50. The molecule has 4 aliphatic carbocycles. The Kier molecular flexibility index (Phi) is 7.35. The van der Waals surface area contributed by atoms with Gasteiger partial charge in [-0.3, -0.25) is 4.79 Å². The standard InChI is InChI=1S/C29H42O4/c1-18(7-14-28(22-9-10-22)33-20(3)30)25-12-13-26-21(6-5-15-29(25,26)4)8-11-23-16-24(31)17-27(32)19(23)2/h7-8,11,14,18,22,24-28,31-32H,2,5-6,9-10,12-13,15-17H2,1,3-4H3/b14-7+,21-8+,23-11-/t18-,24-,25-,26+,27+,28-,29-/m1/s1. The molecule has 0 heterocycles. The molecule has 182 valence electrons. The van der Waals surface area contributed by atoms with Gasteiger partial charge in [-0.2, -0.15) is 0 Å². The summed E-state index contributed by atoms with van der Waals surface area (Å²) in [5.74, 6) is 1.99. The number of ether oxygens (including phenoxy) is 1. The molecule has 4 fully saturated rings. The van der Waals surface area contributed by atoms with Crippen molar-refractivity contribution in [3.63, 3.8) is 0 Å². The Morgan fingerprint density at radius 2 is 1.94 bits per heavy atom. The zero-order chi connectivity index (χ0) is 23.8. The number of allylic oxidation sites excluding steroid dienone is 4. The molecule has 4 aliphatic rings. The summed E-state index contributed by atoms with van der Waals surface area (Å²) in [4.78, 5) is 11.5. The summed E-state index contributed by atoms with van der Waals surface area (Å²) in [6.07, 6.45) is 17.0. The first kappa shape index (κ1) is 24.5. The lowest BCUT2D eigenvalue weighted by molar-refractivity contribution is -0.144. The van der Waals surface area contributed by atoms with Gasteiger partial charge in [0.15, 0.2) is 0 Å². The lowest BCUT2D eigenvalue weighted by atomic mass is 9.61. The zero-order valence-corrected chi connectivity index (χ0v) is 20.6. The number of aliphatic hydroxyl groups excluding tert-OH is 2. The first-order valence-corrected chi connectivity index (χ1v) is 13.0. The Balaban J connectivity index is 1.47. The molecule has 0 radical (unpaired) electrons. The molecule has 4 rings (SSSR count). The van der Waals surface area contributed by atoms with Gasteiger partial charge in [-0.25, -0.2) is 0 Å². The second-order valence-electron chi connectivity index (χ2n) is 11.3. The predicted molar refractivity (Wildman–Crippen MR) is 131 cm³/mol. The van der Waals surface area contributed by atoms with Crippen molar-refractivity contribution in [3.05, 3.63) is 47.6 Å². The van der Waals surface area contributed by atoms with E-state index in [1.54, 1.807) is 0 Å². The van der Waals surface area contributed by atoms with Crippen molar-refractivity contribution in [1.29, 1.82) is 0 Å². The lowest BCUT2D eigenvalue weighted by Crippen LogP contribution is -2.35. The SMILES string of the molecule is C=C1/C(=C\C=C2/CCC[C@]3(C)[C@@H]([C@H](C)/C=C/[C@@H](OC(C)=O)C4CC4)CC[C@@H]23)C[C@@H](O)C[C@@H]1O. The summed E-state index contributed by atoms with van der Waals surface area (Å²) < 4.78 is 5.57. The van der Waals surface area contributed by atoms with Crippen LogP contribution >= 0.6 is 0 Å². The minimum Gasteiger partial charge on any atom is -0.458 e. The summed E-state index contributed by atoms with van der Waals surface area (Å²) in [7, 11) is 0. The quantitative estimate of drug-likeness (QED) is 0.401. The van der Waals surface area contributed by atoms with Crippen molar-refractivity contribution in [2.75, 3.05) is 0 Å². The van der Waals surface area contributed by atoms with E-state index in [0.717, 1.165) is 30.4 Å². The number of rotatable bonds is 6. The maximum Gasteiger partial charge on any atom is 0.303 e. The normalized spacial score (nSPS) is 39.1. The van der Waals surface area contributed by atoms with E-state index in [4.69, 9.17) is 4.74 Å². The number of hydrogen-bond acceptors (Lipinski definition) is 4. The van der Waals surface area contributed by atoms with Crippen LogP contribution in [0.4, 0.5) is 0 Å². The van der Waals surface area contributed by atoms with Crippen molar-refractivity contribution in [2.45, 2.75) is 96.9 Å². The summed E-state index contributed by atoms with van der Waals surface area (Å²) in [5.41, 5.74) is 3.55. The van der Waals surface area contributed by atoms with E-state index >= 15 is 0 Å². The van der Waals surface area contributed by atoms with E-state index in [1.807, 2.05) is 0 Å². The third kappa shape index (κ3) is 5.38. The monoisotopic (exact) mass is 454 g/mol. The molecular weight excluding hydrogens is 412 g/mol. The van der Waals surface area contributed by atoms with Gasteiger partial charge < -0.3 is 14.9 Å². The maximum atomic E-state index is 11.5. The van der Waals surface area contributed by atoms with Crippen LogP contribution in [0.5, 0.6) is 0 Å². The van der Waals surface area contributed by atoms with E-state index in [9.17, 15) is 15.0 Å². The van der Waals surface area contributed by atoms with Gasteiger partial charge in [-0.05, 0) is 97.7 Å². The summed E-state index contributed by atoms with van der Waals surface area (Å²) in [5, 5.41) is 20.2. The van der Waals surface area contributed by atoms with Crippen molar-refractivity contribution < 1.29 is 19.7 Å². The van der Waals surface area contributed by atoms with Crippen LogP contribution in [0.25, 0.3) is 0 Å². The fourth-order valence-corrected chi connectivity index (χ4v) is 6.94. The molecule has 4 saturated carbocycles. The van der Waals surface area contributed by atoms with Gasteiger partial charge in [-0.1, -0.05) is 44.2 Å². The van der Waals surface area contributed by atoms with E-state index in [-0.39, 0.29) is 17.5 Å². The Morgan fingerprint density at radius 1 is 1.18 bits per heavy atom. The minimum absolute atomic E-state index is 0.0577. The molecule has 0 spiro atoms. The van der Waals surface area contributed by atoms with Gasteiger partial charge >= 0.3 is 5.97 Å². The smallest absolute Gasteiger partial charge is 0.303 e. The van der Waals surface area contributed by atoms with Crippen molar-refractivity contribution >= 4 is 5.97 Å². The molecule has 2 N–H and O–H groups in total. The molecule has 0 aliphatic heterocycles. The highest BCUT2D eigenvalue weighted by Crippen LogP contribution is 2.59. The molecule has 33 heavy (non-hydrogen) atoms. The largest absolute Gasteiger partial charge is 0.458 e. The van der Waals surface area contributed by atoms with Crippen LogP contribution in [0.3, 0.4) is 0 Å². The number of aliphatic hydroxyl groups is 2. The first-order valence-electron chi connectivity index (χ1n) is 13.0. The Morgan fingerprint density at radius 3 is 2.64 bits per heavy atom. The first-order chi connectivity index (χ1) is 15.7. The minimum atomic E-state index is -0.634. The molecular formula is C29H42O4. The predicted octanol–water partition coefficient (Wildman–Crippen LogP) is 5.66. The van der Waals surface area contributed by atoms with Crippen LogP contribution in [0.1, 0.15) is 78.6 Å². The molecule has 0 aromatic heterocycles. The van der Waals surface area contributed by atoms with Crippen LogP contribution in [0.2, 0.25) is 0 Å². The molecule has 0 aromatic carbocycles. The summed E-state index contributed by atoms with van der Waals surface area (Å²) in [6.45, 7) is 10.4. The van der Waals surface area contributed by atoms with Crippen LogP contribution in [-0.4, -0.2) is 34.5 Å². The van der Waals surface area contributed by atoms with Gasteiger partial charge in [0.2, 0.25) is 0 Å². The van der Waals surface area contributed by atoms with Crippen LogP contribution in [0.15, 0.2) is 47.6 Å². The lowest BCUT2D eigenvalue weighted by Gasteiger charge is -2.44. The molecule has 4 heteroatoms. The topological polar surface area (TPSA) is 66.8 Å². The van der Waals surface area contributed by atoms with Gasteiger partial charge in [0.25, 0.3) is 0 Å². The highest BCUT2D eigenvalue weighted by atomic mass is 16.5. The van der Waals surface area contributed by atoms with E-state index in [0.29, 0.717) is 36.5 Å². The molecule has 0 bridgehead atoms. The second kappa shape index (κ2) is 9.92. The zero-order valence-electron chi connectivity index (χ0n) is 20.6. The van der Waals surface area contributed by atoms with Gasteiger partial charge in [0, 0.05) is 13.3 Å². The van der Waals surface area contributed by atoms with Gasteiger partial charge in [0.05, 0.1) is 12.2 Å². The van der Waals surface area contributed by atoms with Crippen molar-refractivity contribution in [2.24, 2.45) is 29.1 Å². The molecule has 0 saturated heterocycles. The van der Waals surface area contributed by atoms with Crippen LogP contribution < -0.4 is 0 Å². The highest BCUT2D eigenvalue weighted by molar-refractivity contribution is 5.66. The molecule has 0 unspecified atom stereocenters. The number of fused-ring (bicyclic) bond motifs is 1. The third-order valence-corrected chi connectivity index (χ3v) is 8.93. The van der Waals surface area contributed by atoms with Crippen LogP contribution in [0, 0.1) is 29.1 Å². The fourth-order valence-electron chi connectivity index (χ4n) is 6.94. The van der Waals surface area contributed by atoms with Crippen molar-refractivity contribution in [1.82, 2.24) is 0 Å². The number of carbonyl (C=O) groups is 1. The number of carbonyl (C=O) groups excluding carboxylic acids is 1. The van der Waals surface area contributed by atoms with Gasteiger partial charge in [-0.15, -0.1) is 0 Å². The van der Waals surface area contributed by atoms with Gasteiger partial charge in [0.1, 0.15) is 6.10 Å². The van der Waals surface area contributed by atoms with E-state index in [2.05, 4.69) is 44.7 Å². The second-order valence-corrected chi connectivity index (χ2v) is 11.3. The number of esters is 1. The number of hydrogen-bond donors (Lipinski definition) is 2. The Labute approximate surface area is 199 Å². The average Bonchev–Trinajstić information content (AvgIpc) is 3.53. The summed E-state index contributed by atoms with van der Waals surface area (Å²) in [6, 6.07) is 0. The average molecular weight is 455 g/mol. The Bertz CT molecular complexity index is 848.